The number of hydrogen-bond donors (Lipinski definition) is 0. The van der Waals surface area contributed by atoms with Gasteiger partial charge in [-0.2, -0.15) is 0 Å². The van der Waals surface area contributed by atoms with Crippen LogP contribution in [0.15, 0.2) is 30.5 Å². The second kappa shape index (κ2) is 4.96. The normalized spacial score (nSPS) is 14.1. The smallest absolute Gasteiger partial charge is 0.0705 e. The Balaban J connectivity index is 2.46. The van der Waals surface area contributed by atoms with Gasteiger partial charge in [0.05, 0.1) is 5.52 Å². The van der Waals surface area contributed by atoms with Gasteiger partial charge in [-0.1, -0.05) is 53.7 Å². The summed E-state index contributed by atoms with van der Waals surface area (Å²) in [4.78, 5) is 4.65. The van der Waals surface area contributed by atoms with Gasteiger partial charge < -0.3 is 0 Å². The van der Waals surface area contributed by atoms with Crippen LogP contribution in [0, 0.1) is 5.92 Å². The molecular weight excluding hydrogens is 230 g/mol. The molecule has 0 N–H and O–H groups in total. The van der Waals surface area contributed by atoms with Crippen LogP contribution >= 0.6 is 0 Å². The molecule has 1 unspecified atom stereocenters. The minimum atomic E-state index is 0.158. The molecule has 0 bridgehead atoms. The van der Waals surface area contributed by atoms with Gasteiger partial charge in [0, 0.05) is 11.6 Å². The lowest BCUT2D eigenvalue weighted by molar-refractivity contribution is 0.535. The molecule has 1 aromatic carbocycles. The topological polar surface area (TPSA) is 12.9 Å². The summed E-state index contributed by atoms with van der Waals surface area (Å²) in [6, 6.07) is 8.98. The summed E-state index contributed by atoms with van der Waals surface area (Å²) < 4.78 is 0. The summed E-state index contributed by atoms with van der Waals surface area (Å²) in [5.74, 6) is 1.24. The van der Waals surface area contributed by atoms with Gasteiger partial charge in [-0.05, 0) is 40.5 Å². The quantitative estimate of drug-likeness (QED) is 0.710. The Labute approximate surface area is 117 Å². The molecule has 1 heteroatoms. The van der Waals surface area contributed by atoms with Crippen molar-refractivity contribution in [1.82, 2.24) is 4.98 Å². The third kappa shape index (κ3) is 2.97. The molecule has 0 radical (unpaired) electrons. The average molecular weight is 255 g/mol. The standard InChI is InChI=1S/C18H25N/c1-12(2)13(3)14-7-8-15-9-16(18(4,5)6)11-19-17(15)10-14/h7-13H,1-6H3. The Morgan fingerprint density at radius 1 is 1.00 bits per heavy atom. The molecule has 1 heterocycles. The summed E-state index contributed by atoms with van der Waals surface area (Å²) in [6.45, 7) is 13.5. The number of aromatic nitrogens is 1. The highest BCUT2D eigenvalue weighted by atomic mass is 14.7. The molecule has 102 valence electrons. The van der Waals surface area contributed by atoms with Crippen molar-refractivity contribution >= 4 is 10.9 Å². The third-order valence-corrected chi connectivity index (χ3v) is 4.10. The zero-order chi connectivity index (χ0) is 14.2. The van der Waals surface area contributed by atoms with Crippen molar-refractivity contribution in [2.45, 2.75) is 52.9 Å². The number of benzene rings is 1. The number of fused-ring (bicyclic) bond motifs is 1. The molecule has 0 aliphatic carbocycles. The fraction of sp³-hybridized carbons (Fsp3) is 0.500. The molecule has 2 aromatic rings. The molecule has 1 atom stereocenters. The van der Waals surface area contributed by atoms with E-state index in [9.17, 15) is 0 Å². The Hall–Kier alpha value is -1.37. The molecule has 0 spiro atoms. The SMILES string of the molecule is CC(C)C(C)c1ccc2cc(C(C)(C)C)cnc2c1. The number of nitrogens with zero attached hydrogens (tertiary/aromatic N) is 1. The molecule has 0 fully saturated rings. The van der Waals surface area contributed by atoms with Crippen molar-refractivity contribution in [3.05, 3.63) is 41.6 Å². The Bertz CT molecular complexity index is 576. The van der Waals surface area contributed by atoms with Gasteiger partial charge in [0.1, 0.15) is 0 Å². The van der Waals surface area contributed by atoms with E-state index in [1.807, 2.05) is 6.20 Å². The zero-order valence-electron chi connectivity index (χ0n) is 13.0. The molecule has 0 aliphatic rings. The Kier molecular flexibility index (Phi) is 3.66. The number of pyridine rings is 1. The molecule has 1 aromatic heterocycles. The molecular formula is C18H25N. The lowest BCUT2D eigenvalue weighted by atomic mass is 9.86. The van der Waals surface area contributed by atoms with Crippen LogP contribution in [0.3, 0.4) is 0 Å². The maximum atomic E-state index is 4.65. The first kappa shape index (κ1) is 14.0. The van der Waals surface area contributed by atoms with Crippen LogP contribution in [-0.2, 0) is 5.41 Å². The summed E-state index contributed by atoms with van der Waals surface area (Å²) >= 11 is 0. The second-order valence-electron chi connectivity index (χ2n) is 6.96. The fourth-order valence-corrected chi connectivity index (χ4v) is 2.22. The highest BCUT2D eigenvalue weighted by Gasteiger charge is 2.15. The lowest BCUT2D eigenvalue weighted by Crippen LogP contribution is -2.11. The van der Waals surface area contributed by atoms with Gasteiger partial charge in [0.2, 0.25) is 0 Å². The van der Waals surface area contributed by atoms with E-state index in [0.29, 0.717) is 11.8 Å². The van der Waals surface area contributed by atoms with Crippen LogP contribution < -0.4 is 0 Å². The predicted molar refractivity (Wildman–Crippen MR) is 83.7 cm³/mol. The van der Waals surface area contributed by atoms with E-state index < -0.39 is 0 Å². The van der Waals surface area contributed by atoms with Crippen LogP contribution in [0.5, 0.6) is 0 Å². The first-order valence-corrected chi connectivity index (χ1v) is 7.19. The Morgan fingerprint density at radius 3 is 2.26 bits per heavy atom. The van der Waals surface area contributed by atoms with E-state index in [1.165, 1.54) is 16.5 Å². The fourth-order valence-electron chi connectivity index (χ4n) is 2.22. The first-order chi connectivity index (χ1) is 8.79. The Morgan fingerprint density at radius 2 is 1.68 bits per heavy atom. The van der Waals surface area contributed by atoms with Gasteiger partial charge in [-0.15, -0.1) is 0 Å². The van der Waals surface area contributed by atoms with Gasteiger partial charge in [0.25, 0.3) is 0 Å². The van der Waals surface area contributed by atoms with E-state index in [-0.39, 0.29) is 5.41 Å². The average Bonchev–Trinajstić information content (AvgIpc) is 2.35. The first-order valence-electron chi connectivity index (χ1n) is 7.19. The summed E-state index contributed by atoms with van der Waals surface area (Å²) in [5, 5.41) is 1.24. The number of rotatable bonds is 2. The van der Waals surface area contributed by atoms with Crippen LogP contribution in [-0.4, -0.2) is 4.98 Å². The van der Waals surface area contributed by atoms with E-state index in [0.717, 1.165) is 5.52 Å². The van der Waals surface area contributed by atoms with E-state index >= 15 is 0 Å². The summed E-state index contributed by atoms with van der Waals surface area (Å²) in [7, 11) is 0. The monoisotopic (exact) mass is 255 g/mol. The maximum Gasteiger partial charge on any atom is 0.0705 e. The minimum absolute atomic E-state index is 0.158. The third-order valence-electron chi connectivity index (χ3n) is 4.10. The van der Waals surface area contributed by atoms with Crippen molar-refractivity contribution in [1.29, 1.82) is 0 Å². The van der Waals surface area contributed by atoms with Crippen LogP contribution in [0.4, 0.5) is 0 Å². The van der Waals surface area contributed by atoms with Crippen LogP contribution in [0.2, 0.25) is 0 Å². The van der Waals surface area contributed by atoms with Crippen molar-refractivity contribution < 1.29 is 0 Å². The zero-order valence-corrected chi connectivity index (χ0v) is 13.0. The van der Waals surface area contributed by atoms with E-state index in [1.54, 1.807) is 0 Å². The molecule has 0 aliphatic heterocycles. The van der Waals surface area contributed by atoms with Crippen molar-refractivity contribution in [3.63, 3.8) is 0 Å². The molecule has 19 heavy (non-hydrogen) atoms. The van der Waals surface area contributed by atoms with Crippen LogP contribution in [0.25, 0.3) is 10.9 Å². The van der Waals surface area contributed by atoms with Gasteiger partial charge >= 0.3 is 0 Å². The molecule has 2 rings (SSSR count). The molecule has 0 amide bonds. The molecule has 0 saturated carbocycles. The minimum Gasteiger partial charge on any atom is -0.256 e. The number of hydrogen-bond acceptors (Lipinski definition) is 1. The molecule has 1 nitrogen and oxygen atoms in total. The van der Waals surface area contributed by atoms with Crippen molar-refractivity contribution in [3.8, 4) is 0 Å². The lowest BCUT2D eigenvalue weighted by Gasteiger charge is -2.20. The van der Waals surface area contributed by atoms with Gasteiger partial charge in [0.15, 0.2) is 0 Å². The van der Waals surface area contributed by atoms with Gasteiger partial charge in [-0.3, -0.25) is 4.98 Å². The van der Waals surface area contributed by atoms with Crippen LogP contribution in [0.1, 0.15) is 58.6 Å². The summed E-state index contributed by atoms with van der Waals surface area (Å²) in [5.41, 5.74) is 3.95. The largest absolute Gasteiger partial charge is 0.256 e. The second-order valence-corrected chi connectivity index (χ2v) is 6.96. The maximum absolute atomic E-state index is 4.65. The van der Waals surface area contributed by atoms with E-state index in [4.69, 9.17) is 0 Å². The summed E-state index contributed by atoms with van der Waals surface area (Å²) in [6.07, 6.45) is 2.02. The highest BCUT2D eigenvalue weighted by molar-refractivity contribution is 5.80. The van der Waals surface area contributed by atoms with Crippen molar-refractivity contribution in [2.75, 3.05) is 0 Å². The van der Waals surface area contributed by atoms with Crippen molar-refractivity contribution in [2.24, 2.45) is 5.92 Å². The van der Waals surface area contributed by atoms with Gasteiger partial charge in [-0.25, -0.2) is 0 Å². The molecule has 0 saturated heterocycles. The highest BCUT2D eigenvalue weighted by Crippen LogP contribution is 2.28. The predicted octanol–water partition coefficient (Wildman–Crippen LogP) is 5.29. The van der Waals surface area contributed by atoms with E-state index in [2.05, 4.69) is 70.8 Å².